The lowest BCUT2D eigenvalue weighted by atomic mass is 10.1. The third kappa shape index (κ3) is 6.81. The Morgan fingerprint density at radius 1 is 0.793 bits per heavy atom. The number of hydrogen-bond acceptors (Lipinski definition) is 3. The van der Waals surface area contributed by atoms with E-state index in [0.29, 0.717) is 19.6 Å². The van der Waals surface area contributed by atoms with Crippen LogP contribution in [0, 0.1) is 0 Å². The Labute approximate surface area is 170 Å². The molecule has 0 saturated heterocycles. The van der Waals surface area contributed by atoms with Gasteiger partial charge < -0.3 is 15.4 Å². The number of benzene rings is 3. The molecule has 0 bridgehead atoms. The first-order valence-corrected chi connectivity index (χ1v) is 9.47. The highest BCUT2D eigenvalue weighted by Crippen LogP contribution is 2.14. The number of nitrogens with one attached hydrogen (secondary N) is 2. The molecular formula is C24H24N2O3. The zero-order chi connectivity index (χ0) is 20.5. The smallest absolute Gasteiger partial charge is 0.224 e. The highest BCUT2D eigenvalue weighted by Gasteiger charge is 2.05. The molecule has 0 spiro atoms. The van der Waals surface area contributed by atoms with Crippen LogP contribution in [0.1, 0.15) is 23.6 Å². The van der Waals surface area contributed by atoms with E-state index in [1.807, 2.05) is 66.7 Å². The highest BCUT2D eigenvalue weighted by atomic mass is 16.5. The van der Waals surface area contributed by atoms with Crippen LogP contribution >= 0.6 is 0 Å². The van der Waals surface area contributed by atoms with Crippen LogP contribution in [0.3, 0.4) is 0 Å². The molecule has 0 aliphatic rings. The monoisotopic (exact) mass is 388 g/mol. The molecule has 0 radical (unpaired) electrons. The molecule has 2 amide bonds. The maximum Gasteiger partial charge on any atom is 0.224 e. The predicted molar refractivity (Wildman–Crippen MR) is 114 cm³/mol. The second-order valence-electron chi connectivity index (χ2n) is 6.75. The molecule has 2 N–H and O–H groups in total. The molecule has 0 saturated carbocycles. The number of carbonyl (C=O) groups excluding carboxylic acids is 2. The summed E-state index contributed by atoms with van der Waals surface area (Å²) in [5.74, 6) is 0.622. The standard InChI is InChI=1S/C24H24N2O3/c1-18(27)26-22-11-7-19(8-12-22)15-24(28)25-16-20-9-13-23(14-10-20)29-17-21-5-3-2-4-6-21/h2-14H,15-17H2,1H3,(H,25,28)(H,26,27). The van der Waals surface area contributed by atoms with Crippen molar-refractivity contribution in [2.24, 2.45) is 0 Å². The number of carbonyl (C=O) groups is 2. The van der Waals surface area contributed by atoms with Crippen molar-refractivity contribution in [1.82, 2.24) is 5.32 Å². The molecule has 0 fully saturated rings. The third-order valence-corrected chi connectivity index (χ3v) is 4.30. The summed E-state index contributed by atoms with van der Waals surface area (Å²) in [4.78, 5) is 23.2. The summed E-state index contributed by atoms with van der Waals surface area (Å²) in [6, 6.07) is 25.0. The van der Waals surface area contributed by atoms with Gasteiger partial charge in [0, 0.05) is 19.2 Å². The lowest BCUT2D eigenvalue weighted by molar-refractivity contribution is -0.120. The van der Waals surface area contributed by atoms with E-state index in [9.17, 15) is 9.59 Å². The van der Waals surface area contributed by atoms with E-state index in [1.165, 1.54) is 6.92 Å². The molecule has 3 aromatic rings. The van der Waals surface area contributed by atoms with Gasteiger partial charge in [0.2, 0.25) is 11.8 Å². The molecular weight excluding hydrogens is 364 g/mol. The van der Waals surface area contributed by atoms with Crippen LogP contribution in [-0.2, 0) is 29.2 Å². The predicted octanol–water partition coefficient (Wildman–Crippen LogP) is 4.08. The van der Waals surface area contributed by atoms with Gasteiger partial charge in [-0.2, -0.15) is 0 Å². The molecule has 3 rings (SSSR count). The van der Waals surface area contributed by atoms with Gasteiger partial charge >= 0.3 is 0 Å². The van der Waals surface area contributed by atoms with Crippen LogP contribution in [0.2, 0.25) is 0 Å². The molecule has 0 aliphatic carbocycles. The van der Waals surface area contributed by atoms with Crippen molar-refractivity contribution in [1.29, 1.82) is 0 Å². The lowest BCUT2D eigenvalue weighted by Crippen LogP contribution is -2.24. The van der Waals surface area contributed by atoms with Gasteiger partial charge in [-0.1, -0.05) is 54.6 Å². The minimum atomic E-state index is -0.119. The summed E-state index contributed by atoms with van der Waals surface area (Å²) >= 11 is 0. The minimum Gasteiger partial charge on any atom is -0.489 e. The van der Waals surface area contributed by atoms with Gasteiger partial charge in [-0.3, -0.25) is 9.59 Å². The van der Waals surface area contributed by atoms with Crippen molar-refractivity contribution in [2.45, 2.75) is 26.5 Å². The van der Waals surface area contributed by atoms with Gasteiger partial charge in [0.05, 0.1) is 6.42 Å². The quantitative estimate of drug-likeness (QED) is 0.611. The van der Waals surface area contributed by atoms with E-state index >= 15 is 0 Å². The molecule has 0 aliphatic heterocycles. The van der Waals surface area contributed by atoms with Gasteiger partial charge in [-0.05, 0) is 41.0 Å². The summed E-state index contributed by atoms with van der Waals surface area (Å²) in [6.07, 6.45) is 0.290. The fourth-order valence-corrected chi connectivity index (χ4v) is 2.80. The summed E-state index contributed by atoms with van der Waals surface area (Å²) in [7, 11) is 0. The van der Waals surface area contributed by atoms with E-state index in [4.69, 9.17) is 4.74 Å². The molecule has 0 aromatic heterocycles. The topological polar surface area (TPSA) is 67.4 Å². The van der Waals surface area contributed by atoms with Crippen LogP contribution in [-0.4, -0.2) is 11.8 Å². The average Bonchev–Trinajstić information content (AvgIpc) is 2.73. The molecule has 5 nitrogen and oxygen atoms in total. The normalized spacial score (nSPS) is 10.2. The van der Waals surface area contributed by atoms with E-state index in [2.05, 4.69) is 10.6 Å². The van der Waals surface area contributed by atoms with E-state index < -0.39 is 0 Å². The van der Waals surface area contributed by atoms with Crippen LogP contribution < -0.4 is 15.4 Å². The zero-order valence-corrected chi connectivity index (χ0v) is 16.4. The zero-order valence-electron chi connectivity index (χ0n) is 16.4. The van der Waals surface area contributed by atoms with Crippen molar-refractivity contribution >= 4 is 17.5 Å². The Kier molecular flexibility index (Phi) is 7.00. The Balaban J connectivity index is 1.43. The fourth-order valence-electron chi connectivity index (χ4n) is 2.80. The van der Waals surface area contributed by atoms with Crippen molar-refractivity contribution < 1.29 is 14.3 Å². The first-order valence-electron chi connectivity index (χ1n) is 9.47. The number of anilines is 1. The number of ether oxygens (including phenoxy) is 1. The molecule has 29 heavy (non-hydrogen) atoms. The molecule has 148 valence electrons. The molecule has 3 aromatic carbocycles. The summed E-state index contributed by atoms with van der Waals surface area (Å²) < 4.78 is 5.77. The van der Waals surface area contributed by atoms with Crippen LogP contribution in [0.25, 0.3) is 0 Å². The summed E-state index contributed by atoms with van der Waals surface area (Å²) in [5, 5.41) is 5.63. The Morgan fingerprint density at radius 3 is 2.10 bits per heavy atom. The summed E-state index contributed by atoms with van der Waals surface area (Å²) in [6.45, 7) is 2.45. The summed E-state index contributed by atoms with van der Waals surface area (Å²) in [5.41, 5.74) is 3.73. The van der Waals surface area contributed by atoms with E-state index in [1.54, 1.807) is 12.1 Å². The molecule has 0 unspecified atom stereocenters. The Hall–Kier alpha value is -3.60. The van der Waals surface area contributed by atoms with Crippen molar-refractivity contribution in [2.75, 3.05) is 5.32 Å². The number of amides is 2. The second-order valence-corrected chi connectivity index (χ2v) is 6.75. The second kappa shape index (κ2) is 10.1. The van der Waals surface area contributed by atoms with Gasteiger partial charge in [0.25, 0.3) is 0 Å². The largest absolute Gasteiger partial charge is 0.489 e. The molecule has 0 atom stereocenters. The van der Waals surface area contributed by atoms with Gasteiger partial charge in [0.1, 0.15) is 12.4 Å². The Bertz CT molecular complexity index is 936. The first-order chi connectivity index (χ1) is 14.1. The van der Waals surface area contributed by atoms with Gasteiger partial charge in [0.15, 0.2) is 0 Å². The first kappa shape index (κ1) is 20.1. The van der Waals surface area contributed by atoms with Crippen molar-refractivity contribution in [3.05, 3.63) is 95.6 Å². The average molecular weight is 388 g/mol. The fraction of sp³-hybridized carbons (Fsp3) is 0.167. The minimum absolute atomic E-state index is 0.0540. The maximum absolute atomic E-state index is 12.2. The lowest BCUT2D eigenvalue weighted by Gasteiger charge is -2.09. The van der Waals surface area contributed by atoms with Crippen molar-refractivity contribution in [3.63, 3.8) is 0 Å². The highest BCUT2D eigenvalue weighted by molar-refractivity contribution is 5.88. The van der Waals surface area contributed by atoms with Crippen molar-refractivity contribution in [3.8, 4) is 5.75 Å². The van der Waals surface area contributed by atoms with Crippen LogP contribution in [0.15, 0.2) is 78.9 Å². The third-order valence-electron chi connectivity index (χ3n) is 4.30. The SMILES string of the molecule is CC(=O)Nc1ccc(CC(=O)NCc2ccc(OCc3ccccc3)cc2)cc1. The number of rotatable bonds is 8. The Morgan fingerprint density at radius 2 is 1.45 bits per heavy atom. The molecule has 5 heteroatoms. The number of hydrogen-bond donors (Lipinski definition) is 2. The van der Waals surface area contributed by atoms with E-state index in [-0.39, 0.29) is 11.8 Å². The van der Waals surface area contributed by atoms with E-state index in [0.717, 1.165) is 28.1 Å². The van der Waals surface area contributed by atoms with Crippen LogP contribution in [0.5, 0.6) is 5.75 Å². The maximum atomic E-state index is 12.2. The van der Waals surface area contributed by atoms with Crippen LogP contribution in [0.4, 0.5) is 5.69 Å². The van der Waals surface area contributed by atoms with Gasteiger partial charge in [-0.15, -0.1) is 0 Å². The van der Waals surface area contributed by atoms with Gasteiger partial charge in [-0.25, -0.2) is 0 Å². The molecule has 0 heterocycles.